The van der Waals surface area contributed by atoms with Crippen LogP contribution in [0.1, 0.15) is 13.3 Å². The maximum atomic E-state index is 10.6. The number of rotatable bonds is 4. The van der Waals surface area contributed by atoms with Gasteiger partial charge in [0.1, 0.15) is 0 Å². The molecule has 1 N–H and O–H groups in total. The van der Waals surface area contributed by atoms with Crippen molar-refractivity contribution >= 4 is 14.3 Å². The molecule has 0 aliphatic rings. The van der Waals surface area contributed by atoms with Crippen LogP contribution in [-0.2, 0) is 9.22 Å². The maximum Gasteiger partial charge on any atom is 0.369 e. The van der Waals surface area contributed by atoms with Gasteiger partial charge in [0.25, 0.3) is 0 Å². The number of hydrogen-bond donors (Lipinski definition) is 1. The molecule has 0 atom stereocenters. The van der Waals surface area contributed by atoms with Crippen LogP contribution in [0.3, 0.4) is 0 Å². The molecule has 0 aliphatic carbocycles. The minimum absolute atomic E-state index is 0.0941. The zero-order chi connectivity index (χ0) is 9.78. The van der Waals surface area contributed by atoms with Gasteiger partial charge in [0.15, 0.2) is 5.76 Å². The zero-order valence-electron chi connectivity index (χ0n) is 8.05. The largest absolute Gasteiger partial charge is 0.540 e. The van der Waals surface area contributed by atoms with Crippen LogP contribution in [0.2, 0.25) is 19.6 Å². The SMILES string of the molecule is CC/C=C(\O[Si](C)(C)C)C(=O)O. The molecule has 0 fully saturated rings. The molecule has 0 radical (unpaired) electrons. The summed E-state index contributed by atoms with van der Waals surface area (Å²) in [5.74, 6) is -0.879. The average molecular weight is 188 g/mol. The first-order chi connectivity index (χ1) is 5.37. The Kier molecular flexibility index (Phi) is 4.02. The highest BCUT2D eigenvalue weighted by Crippen LogP contribution is 2.10. The summed E-state index contributed by atoms with van der Waals surface area (Å²) < 4.78 is 5.34. The number of allylic oxidation sites excluding steroid dienone is 1. The van der Waals surface area contributed by atoms with Gasteiger partial charge in [-0.05, 0) is 32.1 Å². The molecule has 0 aromatic rings. The second-order valence-electron chi connectivity index (χ2n) is 3.50. The third-order valence-corrected chi connectivity index (χ3v) is 1.85. The molecular weight excluding hydrogens is 172 g/mol. The van der Waals surface area contributed by atoms with E-state index in [1.807, 2.05) is 26.6 Å². The second-order valence-corrected chi connectivity index (χ2v) is 7.93. The standard InChI is InChI=1S/C8H16O3Si/c1-5-6-7(8(9)10)11-12(2,3)4/h6H,5H2,1-4H3,(H,9,10)/b7-6-. The Balaban J connectivity index is 4.36. The van der Waals surface area contributed by atoms with Gasteiger partial charge in [-0.3, -0.25) is 0 Å². The van der Waals surface area contributed by atoms with Crippen molar-refractivity contribution in [1.29, 1.82) is 0 Å². The van der Waals surface area contributed by atoms with Crippen molar-refractivity contribution in [2.75, 3.05) is 0 Å². The summed E-state index contributed by atoms with van der Waals surface area (Å²) in [5.41, 5.74) is 0. The molecule has 0 rings (SSSR count). The van der Waals surface area contributed by atoms with E-state index in [0.29, 0.717) is 6.42 Å². The lowest BCUT2D eigenvalue weighted by molar-refractivity contribution is -0.135. The van der Waals surface area contributed by atoms with Gasteiger partial charge in [-0.25, -0.2) is 4.79 Å². The van der Waals surface area contributed by atoms with Gasteiger partial charge < -0.3 is 9.53 Å². The number of carbonyl (C=O) groups is 1. The fraction of sp³-hybridized carbons (Fsp3) is 0.625. The van der Waals surface area contributed by atoms with Crippen molar-refractivity contribution in [3.05, 3.63) is 11.8 Å². The molecule has 0 saturated carbocycles. The number of carboxylic acid groups (broad SMARTS) is 1. The van der Waals surface area contributed by atoms with Gasteiger partial charge in [-0.1, -0.05) is 6.92 Å². The quantitative estimate of drug-likeness (QED) is 0.418. The molecule has 0 amide bonds. The van der Waals surface area contributed by atoms with Crippen LogP contribution in [0.25, 0.3) is 0 Å². The van der Waals surface area contributed by atoms with Crippen molar-refractivity contribution in [2.24, 2.45) is 0 Å². The van der Waals surface area contributed by atoms with Crippen LogP contribution in [0, 0.1) is 0 Å². The van der Waals surface area contributed by atoms with E-state index in [1.54, 1.807) is 6.08 Å². The zero-order valence-corrected chi connectivity index (χ0v) is 9.05. The Morgan fingerprint density at radius 2 is 2.00 bits per heavy atom. The third-order valence-electron chi connectivity index (χ3n) is 1.02. The van der Waals surface area contributed by atoms with Crippen molar-refractivity contribution in [2.45, 2.75) is 33.0 Å². The lowest BCUT2D eigenvalue weighted by Gasteiger charge is -2.19. The van der Waals surface area contributed by atoms with Crippen LogP contribution in [-0.4, -0.2) is 19.4 Å². The molecule has 0 heterocycles. The Bertz CT molecular complexity index is 191. The monoisotopic (exact) mass is 188 g/mol. The molecule has 0 aromatic heterocycles. The molecule has 0 saturated heterocycles. The first kappa shape index (κ1) is 11.2. The maximum absolute atomic E-state index is 10.6. The van der Waals surface area contributed by atoms with Crippen molar-refractivity contribution in [1.82, 2.24) is 0 Å². The molecule has 0 bridgehead atoms. The molecule has 12 heavy (non-hydrogen) atoms. The molecule has 0 aromatic carbocycles. The minimum Gasteiger partial charge on any atom is -0.540 e. The summed E-state index contributed by atoms with van der Waals surface area (Å²) in [7, 11) is -1.77. The molecule has 70 valence electrons. The van der Waals surface area contributed by atoms with E-state index in [9.17, 15) is 4.79 Å². The third kappa shape index (κ3) is 4.95. The van der Waals surface area contributed by atoms with E-state index >= 15 is 0 Å². The van der Waals surface area contributed by atoms with E-state index in [1.165, 1.54) is 0 Å². The van der Waals surface area contributed by atoms with E-state index < -0.39 is 14.3 Å². The van der Waals surface area contributed by atoms with Crippen molar-refractivity contribution in [3.8, 4) is 0 Å². The lowest BCUT2D eigenvalue weighted by Crippen LogP contribution is -2.27. The molecule has 0 spiro atoms. The lowest BCUT2D eigenvalue weighted by atomic mass is 10.4. The van der Waals surface area contributed by atoms with Crippen LogP contribution in [0.15, 0.2) is 11.8 Å². The highest BCUT2D eigenvalue weighted by atomic mass is 28.4. The van der Waals surface area contributed by atoms with Gasteiger partial charge >= 0.3 is 5.97 Å². The van der Waals surface area contributed by atoms with Crippen LogP contribution in [0.5, 0.6) is 0 Å². The first-order valence-corrected chi connectivity index (χ1v) is 7.40. The molecule has 0 aliphatic heterocycles. The number of aliphatic carboxylic acids is 1. The topological polar surface area (TPSA) is 46.5 Å². The van der Waals surface area contributed by atoms with Gasteiger partial charge in [0.2, 0.25) is 8.32 Å². The fourth-order valence-electron chi connectivity index (χ4n) is 0.688. The van der Waals surface area contributed by atoms with Crippen LogP contribution in [0.4, 0.5) is 0 Å². The Morgan fingerprint density at radius 1 is 1.50 bits per heavy atom. The smallest absolute Gasteiger partial charge is 0.369 e. The Labute approximate surface area is 74.2 Å². The normalized spacial score (nSPS) is 12.8. The molecule has 3 nitrogen and oxygen atoms in total. The number of hydrogen-bond acceptors (Lipinski definition) is 2. The van der Waals surface area contributed by atoms with E-state index in [4.69, 9.17) is 9.53 Å². The van der Waals surface area contributed by atoms with E-state index in [2.05, 4.69) is 0 Å². The predicted octanol–water partition coefficient (Wildman–Crippen LogP) is 2.22. The first-order valence-electron chi connectivity index (χ1n) is 3.99. The van der Waals surface area contributed by atoms with Gasteiger partial charge in [0.05, 0.1) is 0 Å². The second kappa shape index (κ2) is 4.30. The highest BCUT2D eigenvalue weighted by molar-refractivity contribution is 6.70. The highest BCUT2D eigenvalue weighted by Gasteiger charge is 2.20. The van der Waals surface area contributed by atoms with Crippen molar-refractivity contribution in [3.63, 3.8) is 0 Å². The Morgan fingerprint density at radius 3 is 2.25 bits per heavy atom. The van der Waals surface area contributed by atoms with Crippen LogP contribution < -0.4 is 0 Å². The molecule has 4 heteroatoms. The number of carboxylic acids is 1. The summed E-state index contributed by atoms with van der Waals surface area (Å²) in [6, 6.07) is 0. The predicted molar refractivity (Wildman–Crippen MR) is 50.4 cm³/mol. The summed E-state index contributed by atoms with van der Waals surface area (Å²) in [6.45, 7) is 7.76. The van der Waals surface area contributed by atoms with Crippen LogP contribution >= 0.6 is 0 Å². The van der Waals surface area contributed by atoms with Gasteiger partial charge in [0, 0.05) is 0 Å². The van der Waals surface area contributed by atoms with Gasteiger partial charge in [-0.2, -0.15) is 0 Å². The van der Waals surface area contributed by atoms with E-state index in [0.717, 1.165) is 0 Å². The summed E-state index contributed by atoms with van der Waals surface area (Å²) in [5, 5.41) is 8.70. The molecular formula is C8H16O3Si. The summed E-state index contributed by atoms with van der Waals surface area (Å²) in [4.78, 5) is 10.6. The summed E-state index contributed by atoms with van der Waals surface area (Å²) in [6.07, 6.45) is 2.28. The van der Waals surface area contributed by atoms with Gasteiger partial charge in [-0.15, -0.1) is 0 Å². The minimum atomic E-state index is -1.77. The van der Waals surface area contributed by atoms with E-state index in [-0.39, 0.29) is 5.76 Å². The summed E-state index contributed by atoms with van der Waals surface area (Å²) >= 11 is 0. The van der Waals surface area contributed by atoms with Crippen molar-refractivity contribution < 1.29 is 14.3 Å². The fourth-order valence-corrected chi connectivity index (χ4v) is 1.52. The molecule has 0 unspecified atom stereocenters. The Hall–Kier alpha value is -0.773. The average Bonchev–Trinajstić information content (AvgIpc) is 1.83.